The van der Waals surface area contributed by atoms with Crippen molar-refractivity contribution in [1.82, 2.24) is 4.90 Å². The summed E-state index contributed by atoms with van der Waals surface area (Å²) < 4.78 is 6.78. The van der Waals surface area contributed by atoms with Crippen LogP contribution < -0.4 is 0 Å². The Bertz CT molecular complexity index is 395. The predicted octanol–water partition coefficient (Wildman–Crippen LogP) is 5.36. The number of rotatable bonds is 1. The maximum atomic E-state index is 6.78. The summed E-state index contributed by atoms with van der Waals surface area (Å²) in [7, 11) is 0. The molecule has 2 unspecified atom stereocenters. The Kier molecular flexibility index (Phi) is 5.30. The van der Waals surface area contributed by atoms with Crippen molar-refractivity contribution in [1.29, 1.82) is 0 Å². The fourth-order valence-corrected chi connectivity index (χ4v) is 4.85. The molecule has 136 valence electrons. The van der Waals surface area contributed by atoms with Crippen molar-refractivity contribution in [3.63, 3.8) is 0 Å². The Hall–Kier alpha value is -0.0800. The molecule has 23 heavy (non-hydrogen) atoms. The lowest BCUT2D eigenvalue weighted by Crippen LogP contribution is -2.66. The zero-order valence-corrected chi connectivity index (χ0v) is 17.2. The van der Waals surface area contributed by atoms with E-state index in [-0.39, 0.29) is 16.4 Å². The van der Waals surface area contributed by atoms with Gasteiger partial charge >= 0.3 is 0 Å². The van der Waals surface area contributed by atoms with Gasteiger partial charge in [0.1, 0.15) is 0 Å². The Morgan fingerprint density at radius 1 is 0.870 bits per heavy atom. The molecule has 0 spiro atoms. The van der Waals surface area contributed by atoms with Crippen LogP contribution in [0.2, 0.25) is 0 Å². The minimum absolute atomic E-state index is 0.0538. The smallest absolute Gasteiger partial charge is 0.0678 e. The van der Waals surface area contributed by atoms with E-state index in [1.54, 1.807) is 0 Å². The highest BCUT2D eigenvalue weighted by molar-refractivity contribution is 5.05. The Morgan fingerprint density at radius 3 is 1.83 bits per heavy atom. The van der Waals surface area contributed by atoms with Crippen LogP contribution in [0.25, 0.3) is 0 Å². The molecule has 0 saturated carbocycles. The first-order chi connectivity index (χ1) is 10.4. The van der Waals surface area contributed by atoms with E-state index in [2.05, 4.69) is 67.2 Å². The zero-order chi connectivity index (χ0) is 17.6. The molecule has 0 aromatic carbocycles. The summed E-state index contributed by atoms with van der Waals surface area (Å²) in [5.41, 5.74) is 0.371. The van der Waals surface area contributed by atoms with Crippen LogP contribution >= 0.6 is 0 Å². The van der Waals surface area contributed by atoms with Crippen LogP contribution in [-0.4, -0.2) is 35.7 Å². The lowest BCUT2D eigenvalue weighted by molar-refractivity contribution is -0.243. The van der Waals surface area contributed by atoms with Gasteiger partial charge in [0.15, 0.2) is 0 Å². The van der Waals surface area contributed by atoms with Crippen LogP contribution in [0.15, 0.2) is 0 Å². The molecular weight excluding hydrogens is 282 g/mol. The monoisotopic (exact) mass is 323 g/mol. The van der Waals surface area contributed by atoms with E-state index in [4.69, 9.17) is 4.74 Å². The predicted molar refractivity (Wildman–Crippen MR) is 99.7 cm³/mol. The number of nitrogens with zero attached hydrogens (tertiary/aromatic N) is 1. The van der Waals surface area contributed by atoms with Gasteiger partial charge in [-0.15, -0.1) is 0 Å². The molecule has 2 heterocycles. The summed E-state index contributed by atoms with van der Waals surface area (Å²) >= 11 is 0. The van der Waals surface area contributed by atoms with Gasteiger partial charge in [-0.1, -0.05) is 54.9 Å². The van der Waals surface area contributed by atoms with E-state index >= 15 is 0 Å². The van der Waals surface area contributed by atoms with Crippen LogP contribution in [0.5, 0.6) is 0 Å². The highest BCUT2D eigenvalue weighted by Crippen LogP contribution is 2.51. The number of hydrogen-bond donors (Lipinski definition) is 0. The van der Waals surface area contributed by atoms with Crippen LogP contribution in [-0.2, 0) is 4.74 Å². The average molecular weight is 324 g/mol. The minimum Gasteiger partial charge on any atom is -0.371 e. The highest BCUT2D eigenvalue weighted by atomic mass is 16.5. The van der Waals surface area contributed by atoms with Gasteiger partial charge in [-0.2, -0.15) is 0 Å². The summed E-state index contributed by atoms with van der Waals surface area (Å²) in [6.45, 7) is 23.9. The minimum atomic E-state index is -0.0538. The fourth-order valence-electron chi connectivity index (χ4n) is 4.85. The van der Waals surface area contributed by atoms with Crippen molar-refractivity contribution in [2.75, 3.05) is 13.1 Å². The molecule has 0 aliphatic carbocycles. The van der Waals surface area contributed by atoms with Crippen molar-refractivity contribution >= 4 is 0 Å². The van der Waals surface area contributed by atoms with Crippen LogP contribution in [0.1, 0.15) is 81.6 Å². The third-order valence-electron chi connectivity index (χ3n) is 6.40. The summed E-state index contributed by atoms with van der Waals surface area (Å²) in [5, 5.41) is 0. The highest BCUT2D eigenvalue weighted by Gasteiger charge is 2.55. The lowest BCUT2D eigenvalue weighted by atomic mass is 9.60. The van der Waals surface area contributed by atoms with Crippen LogP contribution in [0.4, 0.5) is 0 Å². The molecule has 2 heteroatoms. The second-order valence-electron chi connectivity index (χ2n) is 10.8. The molecule has 0 aromatic rings. The molecule has 2 saturated heterocycles. The Balaban J connectivity index is 2.46. The first kappa shape index (κ1) is 19.2. The van der Waals surface area contributed by atoms with E-state index in [0.717, 1.165) is 0 Å². The molecule has 2 fully saturated rings. The second kappa shape index (κ2) is 6.33. The van der Waals surface area contributed by atoms with Gasteiger partial charge in [0, 0.05) is 17.9 Å². The molecule has 2 nitrogen and oxygen atoms in total. The van der Waals surface area contributed by atoms with Gasteiger partial charge in [-0.05, 0) is 50.6 Å². The molecule has 2 rings (SSSR count). The maximum Gasteiger partial charge on any atom is 0.0678 e. The largest absolute Gasteiger partial charge is 0.371 e. The molecule has 4 atom stereocenters. The van der Waals surface area contributed by atoms with Gasteiger partial charge < -0.3 is 4.74 Å². The lowest BCUT2D eigenvalue weighted by Gasteiger charge is -2.60. The van der Waals surface area contributed by atoms with Gasteiger partial charge in [-0.25, -0.2) is 0 Å². The first-order valence-corrected chi connectivity index (χ1v) is 9.77. The van der Waals surface area contributed by atoms with Crippen molar-refractivity contribution in [2.24, 2.45) is 22.7 Å². The Labute approximate surface area is 145 Å². The number of likely N-dealkylation sites (tertiary alicyclic amines) is 1. The van der Waals surface area contributed by atoms with Crippen molar-refractivity contribution in [2.45, 2.75) is 99.3 Å². The van der Waals surface area contributed by atoms with Gasteiger partial charge in [0.05, 0.1) is 11.7 Å². The quantitative estimate of drug-likeness (QED) is 0.644. The van der Waals surface area contributed by atoms with Gasteiger partial charge in [0.2, 0.25) is 0 Å². The molecular formula is C21H41NO. The van der Waals surface area contributed by atoms with Crippen molar-refractivity contribution < 1.29 is 4.74 Å². The molecule has 0 amide bonds. The van der Waals surface area contributed by atoms with E-state index in [1.165, 1.54) is 32.4 Å². The maximum absolute atomic E-state index is 6.78. The average Bonchev–Trinajstić information content (AvgIpc) is 2.39. The molecule has 2 aliphatic heterocycles. The van der Waals surface area contributed by atoms with Crippen LogP contribution in [0, 0.1) is 22.7 Å². The molecule has 0 aromatic heterocycles. The SMILES string of the molecule is C[C@H]1[C@H](N2CCCCC2)C(C(C)(C)C)C(C(C)(C)C)OC1(C)C. The molecule has 0 N–H and O–H groups in total. The molecule has 2 aliphatic rings. The number of hydrogen-bond acceptors (Lipinski definition) is 2. The fraction of sp³-hybridized carbons (Fsp3) is 1.00. The third-order valence-corrected chi connectivity index (χ3v) is 6.40. The first-order valence-electron chi connectivity index (χ1n) is 9.77. The van der Waals surface area contributed by atoms with Crippen molar-refractivity contribution in [3.8, 4) is 0 Å². The summed E-state index contributed by atoms with van der Waals surface area (Å²) in [5.74, 6) is 1.13. The molecule has 0 bridgehead atoms. The topological polar surface area (TPSA) is 12.5 Å². The normalized spacial score (nSPS) is 36.9. The van der Waals surface area contributed by atoms with E-state index in [0.29, 0.717) is 24.0 Å². The summed E-state index contributed by atoms with van der Waals surface area (Å²) in [6.07, 6.45) is 4.43. The second-order valence-corrected chi connectivity index (χ2v) is 10.8. The zero-order valence-electron chi connectivity index (χ0n) is 17.2. The summed E-state index contributed by atoms with van der Waals surface area (Å²) in [6, 6.07) is 0.628. The summed E-state index contributed by atoms with van der Waals surface area (Å²) in [4.78, 5) is 2.81. The number of piperidine rings is 1. The van der Waals surface area contributed by atoms with E-state index in [9.17, 15) is 0 Å². The number of ether oxygens (including phenoxy) is 1. The molecule has 0 radical (unpaired) electrons. The standard InChI is InChI=1S/C21H41NO/c1-15-17(22-13-11-10-12-14-22)16(19(2,3)4)18(20(5,6)7)23-21(15,8)9/h15-18H,10-14H2,1-9H3/t15-,16?,17-,18?/m0/s1. The van der Waals surface area contributed by atoms with E-state index in [1.807, 2.05) is 0 Å². The van der Waals surface area contributed by atoms with E-state index < -0.39 is 0 Å². The Morgan fingerprint density at radius 2 is 1.39 bits per heavy atom. The third kappa shape index (κ3) is 3.95. The van der Waals surface area contributed by atoms with Gasteiger partial charge in [0.25, 0.3) is 0 Å². The van der Waals surface area contributed by atoms with Crippen molar-refractivity contribution in [3.05, 3.63) is 0 Å². The van der Waals surface area contributed by atoms with Crippen LogP contribution in [0.3, 0.4) is 0 Å². The van der Waals surface area contributed by atoms with Gasteiger partial charge in [-0.3, -0.25) is 4.90 Å².